The average Bonchev–Trinajstić information content (AvgIpc) is 3.09. The van der Waals surface area contributed by atoms with Crippen molar-refractivity contribution < 1.29 is 18.0 Å². The summed E-state index contributed by atoms with van der Waals surface area (Å²) in [7, 11) is 0. The Kier molecular flexibility index (Phi) is 5.13. The summed E-state index contributed by atoms with van der Waals surface area (Å²) in [5, 5.41) is 2.73. The number of carbonyl (C=O) groups excluding carboxylic acids is 1. The molecule has 2 nitrogen and oxygen atoms in total. The summed E-state index contributed by atoms with van der Waals surface area (Å²) < 4.78 is 40.3. The van der Waals surface area contributed by atoms with Crippen LogP contribution in [0.25, 0.3) is 11.1 Å². The molecule has 2 aromatic carbocycles. The number of nitrogens with one attached hydrogen (secondary N) is 1. The Balaban J connectivity index is 1.98. The highest BCUT2D eigenvalue weighted by Gasteiger charge is 2.37. The molecule has 1 N–H and O–H groups in total. The van der Waals surface area contributed by atoms with Gasteiger partial charge in [0.1, 0.15) is 4.88 Å². The molecule has 0 saturated carbocycles. The highest BCUT2D eigenvalue weighted by Crippen LogP contribution is 2.43. The number of halogens is 3. The third kappa shape index (κ3) is 3.80. The van der Waals surface area contributed by atoms with Crippen molar-refractivity contribution in [3.8, 4) is 11.1 Å². The van der Waals surface area contributed by atoms with Gasteiger partial charge in [-0.05, 0) is 29.7 Å². The van der Waals surface area contributed by atoms with Crippen LogP contribution < -0.4 is 5.32 Å². The van der Waals surface area contributed by atoms with E-state index in [1.165, 1.54) is 6.07 Å². The van der Waals surface area contributed by atoms with E-state index in [1.807, 2.05) is 19.1 Å². The number of rotatable bonds is 4. The second kappa shape index (κ2) is 7.33. The highest BCUT2D eigenvalue weighted by atomic mass is 32.1. The number of benzene rings is 2. The smallest absolute Gasteiger partial charge is 0.321 e. The van der Waals surface area contributed by atoms with Gasteiger partial charge in [-0.1, -0.05) is 55.5 Å². The molecule has 0 radical (unpaired) electrons. The quantitative estimate of drug-likeness (QED) is 0.574. The molecule has 3 rings (SSSR count). The van der Waals surface area contributed by atoms with Crippen LogP contribution in [0, 0.1) is 0 Å². The number of alkyl halides is 3. The normalized spacial score (nSPS) is 11.4. The SMILES string of the molecule is CCc1ccccc1NC(=O)c1cc(-c2ccccc2)c(C(F)(F)F)s1. The van der Waals surface area contributed by atoms with Crippen molar-refractivity contribution >= 4 is 22.9 Å². The number of hydrogen-bond acceptors (Lipinski definition) is 2. The molecule has 0 atom stereocenters. The number of carbonyl (C=O) groups is 1. The molecule has 0 fully saturated rings. The molecule has 0 spiro atoms. The van der Waals surface area contributed by atoms with Gasteiger partial charge in [-0.3, -0.25) is 4.79 Å². The molecule has 0 aliphatic carbocycles. The Hall–Kier alpha value is -2.60. The van der Waals surface area contributed by atoms with Crippen molar-refractivity contribution in [2.75, 3.05) is 5.32 Å². The van der Waals surface area contributed by atoms with E-state index in [0.29, 0.717) is 29.0 Å². The lowest BCUT2D eigenvalue weighted by Gasteiger charge is -2.08. The minimum atomic E-state index is -4.52. The van der Waals surface area contributed by atoms with Crippen molar-refractivity contribution in [2.45, 2.75) is 19.5 Å². The number of para-hydroxylation sites is 1. The molecule has 1 amide bonds. The Bertz CT molecular complexity index is 916. The first-order valence-corrected chi connectivity index (χ1v) is 8.87. The molecular formula is C20H16F3NOS. The number of thiophene rings is 1. The number of amides is 1. The van der Waals surface area contributed by atoms with Crippen LogP contribution in [0.5, 0.6) is 0 Å². The van der Waals surface area contributed by atoms with Gasteiger partial charge in [-0.15, -0.1) is 11.3 Å². The Morgan fingerprint density at radius 2 is 1.69 bits per heavy atom. The van der Waals surface area contributed by atoms with Gasteiger partial charge in [-0.2, -0.15) is 13.2 Å². The fraction of sp³-hybridized carbons (Fsp3) is 0.150. The van der Waals surface area contributed by atoms with Gasteiger partial charge in [-0.25, -0.2) is 0 Å². The Morgan fingerprint density at radius 1 is 1.04 bits per heavy atom. The predicted molar refractivity (Wildman–Crippen MR) is 98.5 cm³/mol. The number of hydrogen-bond donors (Lipinski definition) is 1. The molecule has 0 bridgehead atoms. The minimum Gasteiger partial charge on any atom is -0.321 e. The van der Waals surface area contributed by atoms with Crippen molar-refractivity contribution in [1.82, 2.24) is 0 Å². The summed E-state index contributed by atoms with van der Waals surface area (Å²) in [4.78, 5) is 11.8. The van der Waals surface area contributed by atoms with Gasteiger partial charge in [0, 0.05) is 11.3 Å². The molecule has 26 heavy (non-hydrogen) atoms. The Labute approximate surface area is 153 Å². The van der Waals surface area contributed by atoms with Crippen LogP contribution in [0.15, 0.2) is 60.7 Å². The van der Waals surface area contributed by atoms with Crippen LogP contribution in [0.2, 0.25) is 0 Å². The van der Waals surface area contributed by atoms with E-state index in [9.17, 15) is 18.0 Å². The largest absolute Gasteiger partial charge is 0.426 e. The molecule has 0 unspecified atom stereocenters. The van der Waals surface area contributed by atoms with Gasteiger partial charge in [0.25, 0.3) is 5.91 Å². The first-order valence-electron chi connectivity index (χ1n) is 8.06. The summed E-state index contributed by atoms with van der Waals surface area (Å²) in [5.74, 6) is -0.538. The second-order valence-corrected chi connectivity index (χ2v) is 6.73. The molecule has 0 aliphatic heterocycles. The maximum atomic E-state index is 13.4. The molecule has 1 heterocycles. The van der Waals surface area contributed by atoms with Crippen molar-refractivity contribution in [2.24, 2.45) is 0 Å². The lowest BCUT2D eigenvalue weighted by atomic mass is 10.1. The first kappa shape index (κ1) is 18.2. The zero-order chi connectivity index (χ0) is 18.7. The van der Waals surface area contributed by atoms with Crippen LogP contribution in [-0.4, -0.2) is 5.91 Å². The van der Waals surface area contributed by atoms with E-state index >= 15 is 0 Å². The molecule has 6 heteroatoms. The molecule has 0 saturated heterocycles. The van der Waals surface area contributed by atoms with Gasteiger partial charge >= 0.3 is 6.18 Å². The third-order valence-corrected chi connectivity index (χ3v) is 5.12. The van der Waals surface area contributed by atoms with E-state index in [0.717, 1.165) is 5.56 Å². The third-order valence-electron chi connectivity index (χ3n) is 3.94. The van der Waals surface area contributed by atoms with E-state index in [4.69, 9.17) is 0 Å². The van der Waals surface area contributed by atoms with Crippen LogP contribution in [0.1, 0.15) is 27.0 Å². The highest BCUT2D eigenvalue weighted by molar-refractivity contribution is 7.14. The molecule has 134 valence electrons. The van der Waals surface area contributed by atoms with Crippen LogP contribution in [0.3, 0.4) is 0 Å². The second-order valence-electron chi connectivity index (χ2n) is 5.68. The summed E-state index contributed by atoms with van der Waals surface area (Å²) in [6.45, 7) is 1.95. The van der Waals surface area contributed by atoms with Crippen LogP contribution >= 0.6 is 11.3 Å². The topological polar surface area (TPSA) is 29.1 Å². The summed E-state index contributed by atoms with van der Waals surface area (Å²) in [5.41, 5.74) is 2.00. The Morgan fingerprint density at radius 3 is 2.35 bits per heavy atom. The van der Waals surface area contributed by atoms with E-state index in [2.05, 4.69) is 5.32 Å². The monoisotopic (exact) mass is 375 g/mol. The lowest BCUT2D eigenvalue weighted by Crippen LogP contribution is -2.11. The van der Waals surface area contributed by atoms with Crippen molar-refractivity contribution in [1.29, 1.82) is 0 Å². The minimum absolute atomic E-state index is 0.0250. The number of anilines is 1. The summed E-state index contributed by atoms with van der Waals surface area (Å²) in [6, 6.07) is 16.8. The summed E-state index contributed by atoms with van der Waals surface area (Å²) in [6.07, 6.45) is -3.81. The first-order chi connectivity index (χ1) is 12.4. The zero-order valence-electron chi connectivity index (χ0n) is 13.9. The van der Waals surface area contributed by atoms with Crippen LogP contribution in [-0.2, 0) is 12.6 Å². The van der Waals surface area contributed by atoms with Crippen molar-refractivity contribution in [3.05, 3.63) is 76.0 Å². The molecule has 3 aromatic rings. The maximum Gasteiger partial charge on any atom is 0.426 e. The van der Waals surface area contributed by atoms with Gasteiger partial charge in [0.15, 0.2) is 0 Å². The van der Waals surface area contributed by atoms with Gasteiger partial charge < -0.3 is 5.32 Å². The maximum absolute atomic E-state index is 13.4. The van der Waals surface area contributed by atoms with Crippen LogP contribution in [0.4, 0.5) is 18.9 Å². The fourth-order valence-electron chi connectivity index (χ4n) is 2.68. The fourth-order valence-corrected chi connectivity index (χ4v) is 3.62. The molecule has 1 aromatic heterocycles. The van der Waals surface area contributed by atoms with E-state index < -0.39 is 17.0 Å². The number of aryl methyl sites for hydroxylation is 1. The van der Waals surface area contributed by atoms with E-state index in [-0.39, 0.29) is 10.4 Å². The lowest BCUT2D eigenvalue weighted by molar-refractivity contribution is -0.133. The predicted octanol–water partition coefficient (Wildman–Crippen LogP) is 6.25. The standard InChI is InChI=1S/C20H16F3NOS/c1-2-13-8-6-7-11-16(13)24-19(25)17-12-15(14-9-4-3-5-10-14)18(26-17)20(21,22)23/h3-12H,2H2,1H3,(H,24,25). The molecular weight excluding hydrogens is 359 g/mol. The van der Waals surface area contributed by atoms with Crippen molar-refractivity contribution in [3.63, 3.8) is 0 Å². The van der Waals surface area contributed by atoms with E-state index in [1.54, 1.807) is 42.5 Å². The summed E-state index contributed by atoms with van der Waals surface area (Å²) >= 11 is 0.465. The van der Waals surface area contributed by atoms with Gasteiger partial charge in [0.05, 0.1) is 4.88 Å². The molecule has 0 aliphatic rings. The van der Waals surface area contributed by atoms with Gasteiger partial charge in [0.2, 0.25) is 0 Å². The average molecular weight is 375 g/mol. The zero-order valence-corrected chi connectivity index (χ0v) is 14.7.